The van der Waals surface area contributed by atoms with E-state index in [1.807, 2.05) is 44.2 Å². The van der Waals surface area contributed by atoms with Crippen molar-refractivity contribution >= 4 is 17.9 Å². The number of carbonyl (C=O) groups is 1. The number of amides is 1. The Morgan fingerprint density at radius 1 is 1.14 bits per heavy atom. The maximum absolute atomic E-state index is 12.2. The average molecular weight is 423 g/mol. The van der Waals surface area contributed by atoms with E-state index in [-0.39, 0.29) is 18.6 Å². The summed E-state index contributed by atoms with van der Waals surface area (Å²) in [4.78, 5) is 17.1. The molecule has 9 heteroatoms. The van der Waals surface area contributed by atoms with Gasteiger partial charge in [0.2, 0.25) is 0 Å². The van der Waals surface area contributed by atoms with Gasteiger partial charge in [-0.3, -0.25) is 4.79 Å². The molecule has 3 N–H and O–H groups in total. The number of hydrogen-bond donors (Lipinski definition) is 2. The Labute approximate surface area is 174 Å². The van der Waals surface area contributed by atoms with Crippen molar-refractivity contribution in [3.8, 4) is 17.2 Å². The standard InChI is InChI=1S/C20H26N2O6S/c1-4-25-16-7-5-6-8-17(16)26-13-20(23)22-14(2)11-15-9-10-18(24-3)19(12-15)29-28-27-21/h5-10,12,14H,4,11,13,21H2,1-3H3,(H,22,23)/t14-/m1/s1. The predicted octanol–water partition coefficient (Wildman–Crippen LogP) is 3.05. The van der Waals surface area contributed by atoms with Gasteiger partial charge in [-0.15, -0.1) is 9.32 Å². The van der Waals surface area contributed by atoms with Crippen LogP contribution in [0.25, 0.3) is 0 Å². The van der Waals surface area contributed by atoms with Gasteiger partial charge in [-0.05, 0) is 50.1 Å². The molecule has 0 heterocycles. The first-order valence-corrected chi connectivity index (χ1v) is 9.82. The molecular formula is C20H26N2O6S. The lowest BCUT2D eigenvalue weighted by molar-refractivity contribution is -0.195. The summed E-state index contributed by atoms with van der Waals surface area (Å²) in [5.41, 5.74) is 0.990. The number of hydrogen-bond acceptors (Lipinski definition) is 8. The zero-order valence-electron chi connectivity index (χ0n) is 16.7. The van der Waals surface area contributed by atoms with E-state index in [4.69, 9.17) is 24.4 Å². The number of benzene rings is 2. The van der Waals surface area contributed by atoms with Gasteiger partial charge < -0.3 is 19.5 Å². The van der Waals surface area contributed by atoms with E-state index in [9.17, 15) is 4.79 Å². The molecular weight excluding hydrogens is 396 g/mol. The highest BCUT2D eigenvalue weighted by Crippen LogP contribution is 2.31. The zero-order valence-corrected chi connectivity index (χ0v) is 17.5. The van der Waals surface area contributed by atoms with Crippen LogP contribution >= 0.6 is 12.0 Å². The van der Waals surface area contributed by atoms with Crippen molar-refractivity contribution in [3.63, 3.8) is 0 Å². The Morgan fingerprint density at radius 3 is 2.52 bits per heavy atom. The van der Waals surface area contributed by atoms with Crippen LogP contribution in [0, 0.1) is 0 Å². The highest BCUT2D eigenvalue weighted by molar-refractivity contribution is 7.94. The molecule has 0 unspecified atom stereocenters. The largest absolute Gasteiger partial charge is 0.495 e. The molecule has 2 rings (SSSR count). The summed E-state index contributed by atoms with van der Waals surface area (Å²) < 4.78 is 21.1. The van der Waals surface area contributed by atoms with Gasteiger partial charge in [0.15, 0.2) is 18.1 Å². The highest BCUT2D eigenvalue weighted by atomic mass is 32.2. The molecule has 0 radical (unpaired) electrons. The minimum absolute atomic E-state index is 0.0974. The van der Waals surface area contributed by atoms with Gasteiger partial charge >= 0.3 is 0 Å². The van der Waals surface area contributed by atoms with Gasteiger partial charge in [0.1, 0.15) is 5.75 Å². The lowest BCUT2D eigenvalue weighted by atomic mass is 10.1. The number of nitrogens with two attached hydrogens (primary N) is 1. The van der Waals surface area contributed by atoms with Crippen molar-refractivity contribution in [2.75, 3.05) is 20.3 Å². The second-order valence-electron chi connectivity index (χ2n) is 6.07. The normalized spacial score (nSPS) is 11.6. The fourth-order valence-corrected chi connectivity index (χ4v) is 3.22. The first-order valence-electron chi connectivity index (χ1n) is 9.08. The van der Waals surface area contributed by atoms with E-state index in [1.165, 1.54) is 0 Å². The summed E-state index contributed by atoms with van der Waals surface area (Å²) in [7, 11) is 1.56. The number of para-hydroxylation sites is 2. The number of rotatable bonds is 12. The first-order chi connectivity index (χ1) is 14.1. The first kappa shape index (κ1) is 22.8. The molecule has 1 atom stereocenters. The molecule has 2 aromatic carbocycles. The fraction of sp³-hybridized carbons (Fsp3) is 0.350. The van der Waals surface area contributed by atoms with Gasteiger partial charge in [-0.2, -0.15) is 5.90 Å². The molecule has 0 saturated carbocycles. The average Bonchev–Trinajstić information content (AvgIpc) is 2.72. The topological polar surface area (TPSA) is 101 Å². The molecule has 8 nitrogen and oxygen atoms in total. The molecule has 158 valence electrons. The second-order valence-corrected chi connectivity index (χ2v) is 6.82. The minimum Gasteiger partial charge on any atom is -0.495 e. The molecule has 0 fully saturated rings. The molecule has 29 heavy (non-hydrogen) atoms. The highest BCUT2D eigenvalue weighted by Gasteiger charge is 2.13. The van der Waals surface area contributed by atoms with Crippen molar-refractivity contribution < 1.29 is 28.3 Å². The summed E-state index contributed by atoms with van der Waals surface area (Å²) in [6.07, 6.45) is 0.613. The van der Waals surface area contributed by atoms with Crippen LogP contribution in [-0.4, -0.2) is 32.3 Å². The van der Waals surface area contributed by atoms with Crippen molar-refractivity contribution in [1.29, 1.82) is 0 Å². The zero-order chi connectivity index (χ0) is 21.1. The lowest BCUT2D eigenvalue weighted by Crippen LogP contribution is -2.37. The second kappa shape index (κ2) is 12.2. The Morgan fingerprint density at radius 2 is 1.86 bits per heavy atom. The van der Waals surface area contributed by atoms with Crippen LogP contribution in [0.1, 0.15) is 19.4 Å². The smallest absolute Gasteiger partial charge is 0.258 e. The SMILES string of the molecule is CCOc1ccccc1OCC(=O)N[C@H](C)Cc1ccc(OC)c(SOON)c1. The Kier molecular flexibility index (Phi) is 9.58. The fourth-order valence-electron chi connectivity index (χ4n) is 2.68. The lowest BCUT2D eigenvalue weighted by Gasteiger charge is -2.16. The van der Waals surface area contributed by atoms with Crippen molar-refractivity contribution in [2.24, 2.45) is 5.90 Å². The van der Waals surface area contributed by atoms with Gasteiger partial charge in [0, 0.05) is 6.04 Å². The van der Waals surface area contributed by atoms with Gasteiger partial charge in [0.05, 0.1) is 30.7 Å². The summed E-state index contributed by atoms with van der Waals surface area (Å²) in [5, 5.41) is 2.92. The molecule has 1 amide bonds. The molecule has 0 saturated heterocycles. The van der Waals surface area contributed by atoms with Crippen molar-refractivity contribution in [2.45, 2.75) is 31.2 Å². The summed E-state index contributed by atoms with van der Waals surface area (Å²) in [5.74, 6) is 6.46. The third-order valence-electron chi connectivity index (χ3n) is 3.85. The molecule has 2 aromatic rings. The maximum atomic E-state index is 12.2. The number of nitrogens with one attached hydrogen (secondary N) is 1. The predicted molar refractivity (Wildman–Crippen MR) is 110 cm³/mol. The monoisotopic (exact) mass is 422 g/mol. The van der Waals surface area contributed by atoms with E-state index in [0.29, 0.717) is 35.2 Å². The van der Waals surface area contributed by atoms with E-state index in [1.54, 1.807) is 19.2 Å². The summed E-state index contributed by atoms with van der Waals surface area (Å²) in [6, 6.07) is 12.8. The van der Waals surface area contributed by atoms with E-state index >= 15 is 0 Å². The number of carbonyl (C=O) groups excluding carboxylic acids is 1. The Balaban J connectivity index is 1.88. The van der Waals surface area contributed by atoms with E-state index in [0.717, 1.165) is 17.6 Å². The van der Waals surface area contributed by atoms with Crippen LogP contribution in [0.4, 0.5) is 0 Å². The summed E-state index contributed by atoms with van der Waals surface area (Å²) >= 11 is 0.946. The third-order valence-corrected chi connectivity index (χ3v) is 4.49. The van der Waals surface area contributed by atoms with Crippen LogP contribution in [0.5, 0.6) is 17.2 Å². The quantitative estimate of drug-likeness (QED) is 0.306. The minimum atomic E-state index is -0.216. The number of methoxy groups -OCH3 is 1. The molecule has 0 bridgehead atoms. The van der Waals surface area contributed by atoms with Crippen LogP contribution in [0.2, 0.25) is 0 Å². The van der Waals surface area contributed by atoms with Crippen LogP contribution in [0.3, 0.4) is 0 Å². The van der Waals surface area contributed by atoms with E-state index < -0.39 is 0 Å². The molecule has 0 aliphatic heterocycles. The van der Waals surface area contributed by atoms with Crippen LogP contribution < -0.4 is 25.4 Å². The van der Waals surface area contributed by atoms with E-state index in [2.05, 4.69) is 10.3 Å². The molecule has 0 aliphatic carbocycles. The van der Waals surface area contributed by atoms with Crippen LogP contribution in [0.15, 0.2) is 47.4 Å². The molecule has 0 aliphatic rings. The number of ether oxygens (including phenoxy) is 3. The third kappa shape index (κ3) is 7.47. The maximum Gasteiger partial charge on any atom is 0.258 e. The molecule has 0 spiro atoms. The Bertz CT molecular complexity index is 789. The Hall–Kier alpha value is -2.46. The molecule has 0 aromatic heterocycles. The van der Waals surface area contributed by atoms with Crippen LogP contribution in [-0.2, 0) is 20.5 Å². The van der Waals surface area contributed by atoms with Crippen molar-refractivity contribution in [3.05, 3.63) is 48.0 Å². The van der Waals surface area contributed by atoms with Crippen molar-refractivity contribution in [1.82, 2.24) is 5.32 Å². The van der Waals surface area contributed by atoms with Gasteiger partial charge in [-0.25, -0.2) is 0 Å². The van der Waals surface area contributed by atoms with Gasteiger partial charge in [0.25, 0.3) is 5.91 Å². The van der Waals surface area contributed by atoms with Gasteiger partial charge in [-0.1, -0.05) is 18.2 Å². The summed E-state index contributed by atoms with van der Waals surface area (Å²) in [6.45, 7) is 4.24.